The summed E-state index contributed by atoms with van der Waals surface area (Å²) >= 11 is 1.92. The number of aromatic nitrogens is 2. The van der Waals surface area contributed by atoms with Crippen molar-refractivity contribution >= 4 is 17.6 Å². The number of anilines is 1. The van der Waals surface area contributed by atoms with Gasteiger partial charge in [-0.05, 0) is 24.5 Å². The highest BCUT2D eigenvalue weighted by Crippen LogP contribution is 2.27. The van der Waals surface area contributed by atoms with E-state index in [0.717, 1.165) is 24.7 Å². The van der Waals surface area contributed by atoms with Gasteiger partial charge >= 0.3 is 0 Å². The molecule has 0 aliphatic carbocycles. The molecule has 5 heteroatoms. The molecule has 0 spiro atoms. The Kier molecular flexibility index (Phi) is 4.37. The zero-order valence-corrected chi connectivity index (χ0v) is 12.5. The van der Waals surface area contributed by atoms with Crippen LogP contribution in [0.4, 0.5) is 5.82 Å². The van der Waals surface area contributed by atoms with Crippen LogP contribution in [0.2, 0.25) is 0 Å². The van der Waals surface area contributed by atoms with Crippen molar-refractivity contribution in [1.82, 2.24) is 9.97 Å². The first-order valence-corrected chi connectivity index (χ1v) is 7.98. The van der Waals surface area contributed by atoms with E-state index in [1.165, 1.54) is 11.3 Å². The van der Waals surface area contributed by atoms with E-state index < -0.39 is 0 Å². The van der Waals surface area contributed by atoms with Crippen LogP contribution in [0.15, 0.2) is 47.6 Å². The molecule has 1 aromatic carbocycles. The van der Waals surface area contributed by atoms with Gasteiger partial charge in [-0.1, -0.05) is 18.2 Å². The van der Waals surface area contributed by atoms with Crippen LogP contribution in [0.1, 0.15) is 12.1 Å². The lowest BCUT2D eigenvalue weighted by Crippen LogP contribution is -2.21. The van der Waals surface area contributed by atoms with Crippen LogP contribution >= 0.6 is 11.8 Å². The number of hydrogen-bond acceptors (Lipinski definition) is 5. The molecule has 0 saturated carbocycles. The summed E-state index contributed by atoms with van der Waals surface area (Å²) in [6.45, 7) is 2.03. The molecule has 1 saturated heterocycles. The molecule has 2 aromatic rings. The lowest BCUT2D eigenvalue weighted by molar-refractivity contribution is 0.670. The van der Waals surface area contributed by atoms with Crippen molar-refractivity contribution in [2.75, 3.05) is 23.7 Å². The summed E-state index contributed by atoms with van der Waals surface area (Å²) < 4.78 is 0. The van der Waals surface area contributed by atoms with E-state index in [0.29, 0.717) is 11.6 Å². The summed E-state index contributed by atoms with van der Waals surface area (Å²) in [7, 11) is 0. The predicted molar refractivity (Wildman–Crippen MR) is 84.2 cm³/mol. The molecule has 1 aromatic heterocycles. The monoisotopic (exact) mass is 296 g/mol. The van der Waals surface area contributed by atoms with Crippen LogP contribution < -0.4 is 4.90 Å². The Morgan fingerprint density at radius 3 is 2.81 bits per heavy atom. The third kappa shape index (κ3) is 3.53. The lowest BCUT2D eigenvalue weighted by atomic mass is 10.2. The van der Waals surface area contributed by atoms with Gasteiger partial charge in [-0.15, -0.1) is 11.8 Å². The molecule has 21 heavy (non-hydrogen) atoms. The summed E-state index contributed by atoms with van der Waals surface area (Å²) in [4.78, 5) is 12.0. The van der Waals surface area contributed by atoms with E-state index in [4.69, 9.17) is 5.26 Å². The second-order valence-corrected chi connectivity index (χ2v) is 6.19. The minimum absolute atomic E-state index is 0.370. The highest BCUT2D eigenvalue weighted by molar-refractivity contribution is 7.99. The van der Waals surface area contributed by atoms with Gasteiger partial charge in [-0.2, -0.15) is 5.26 Å². The molecule has 3 rings (SSSR count). The fourth-order valence-electron chi connectivity index (χ4n) is 2.45. The van der Waals surface area contributed by atoms with Crippen molar-refractivity contribution in [2.45, 2.75) is 11.3 Å². The fraction of sp³-hybridized carbons (Fsp3) is 0.312. The minimum atomic E-state index is 0.370. The second kappa shape index (κ2) is 6.59. The van der Waals surface area contributed by atoms with E-state index in [1.807, 2.05) is 23.9 Å². The van der Waals surface area contributed by atoms with Gasteiger partial charge in [0.2, 0.25) is 0 Å². The number of rotatable bonds is 4. The minimum Gasteiger partial charge on any atom is -0.355 e. The van der Waals surface area contributed by atoms with Crippen LogP contribution in [-0.2, 0) is 0 Å². The first kappa shape index (κ1) is 13.9. The van der Waals surface area contributed by atoms with Crippen LogP contribution in [0.5, 0.6) is 0 Å². The highest BCUT2D eigenvalue weighted by Gasteiger charge is 2.23. The van der Waals surface area contributed by atoms with E-state index in [9.17, 15) is 0 Å². The maximum atomic E-state index is 8.75. The molecule has 1 aliphatic heterocycles. The van der Waals surface area contributed by atoms with Crippen molar-refractivity contribution in [3.8, 4) is 6.07 Å². The molecule has 106 valence electrons. The standard InChI is InChI=1S/C16H16N4S/c17-8-14-9-19-16(10-18-14)20-7-6-13(11-20)12-21-15-4-2-1-3-5-15/h1-5,9-10,13H,6-7,11-12H2. The summed E-state index contributed by atoms with van der Waals surface area (Å²) in [5.41, 5.74) is 0.370. The molecule has 1 fully saturated rings. The van der Waals surface area contributed by atoms with E-state index in [-0.39, 0.29) is 0 Å². The molecular weight excluding hydrogens is 280 g/mol. The van der Waals surface area contributed by atoms with Crippen LogP contribution in [0, 0.1) is 17.2 Å². The largest absolute Gasteiger partial charge is 0.355 e. The molecule has 1 unspecified atom stereocenters. The average Bonchev–Trinajstić information content (AvgIpc) is 3.03. The zero-order valence-electron chi connectivity index (χ0n) is 11.6. The lowest BCUT2D eigenvalue weighted by Gasteiger charge is -2.16. The zero-order chi connectivity index (χ0) is 14.5. The fourth-order valence-corrected chi connectivity index (χ4v) is 3.50. The molecule has 0 amide bonds. The van der Waals surface area contributed by atoms with Gasteiger partial charge < -0.3 is 4.90 Å². The first-order chi connectivity index (χ1) is 10.3. The van der Waals surface area contributed by atoms with E-state index in [1.54, 1.807) is 12.4 Å². The van der Waals surface area contributed by atoms with Crippen LogP contribution in [0.25, 0.3) is 0 Å². The molecule has 4 nitrogen and oxygen atoms in total. The summed E-state index contributed by atoms with van der Waals surface area (Å²) in [6, 6.07) is 12.5. The normalized spacial score (nSPS) is 17.7. The molecular formula is C16H16N4S. The van der Waals surface area contributed by atoms with E-state index >= 15 is 0 Å². The third-order valence-corrected chi connectivity index (χ3v) is 4.84. The Labute approximate surface area is 128 Å². The Hall–Kier alpha value is -2.06. The van der Waals surface area contributed by atoms with Crippen molar-refractivity contribution in [3.63, 3.8) is 0 Å². The van der Waals surface area contributed by atoms with Crippen molar-refractivity contribution in [3.05, 3.63) is 48.4 Å². The van der Waals surface area contributed by atoms with Crippen molar-refractivity contribution in [1.29, 1.82) is 5.26 Å². The maximum absolute atomic E-state index is 8.75. The van der Waals surface area contributed by atoms with Gasteiger partial charge in [-0.3, -0.25) is 0 Å². The van der Waals surface area contributed by atoms with Gasteiger partial charge in [0.25, 0.3) is 0 Å². The summed E-state index contributed by atoms with van der Waals surface area (Å²) in [6.07, 6.45) is 4.42. The second-order valence-electron chi connectivity index (χ2n) is 5.10. The number of nitriles is 1. The molecule has 0 radical (unpaired) electrons. The van der Waals surface area contributed by atoms with Gasteiger partial charge in [0.15, 0.2) is 5.69 Å². The topological polar surface area (TPSA) is 52.8 Å². The smallest absolute Gasteiger partial charge is 0.158 e. The Balaban J connectivity index is 1.54. The highest BCUT2D eigenvalue weighted by atomic mass is 32.2. The number of benzene rings is 1. The quantitative estimate of drug-likeness (QED) is 0.812. The van der Waals surface area contributed by atoms with E-state index in [2.05, 4.69) is 39.1 Å². The van der Waals surface area contributed by atoms with Crippen LogP contribution in [0.3, 0.4) is 0 Å². The van der Waals surface area contributed by atoms with Gasteiger partial charge in [-0.25, -0.2) is 9.97 Å². The van der Waals surface area contributed by atoms with Crippen molar-refractivity contribution in [2.24, 2.45) is 5.92 Å². The van der Waals surface area contributed by atoms with Gasteiger partial charge in [0, 0.05) is 23.7 Å². The number of thioether (sulfide) groups is 1. The molecule has 1 aliphatic rings. The van der Waals surface area contributed by atoms with Crippen LogP contribution in [-0.4, -0.2) is 28.8 Å². The Bertz CT molecular complexity index is 621. The SMILES string of the molecule is N#Cc1cnc(N2CCC(CSc3ccccc3)C2)cn1. The Morgan fingerprint density at radius 2 is 2.10 bits per heavy atom. The predicted octanol–water partition coefficient (Wildman–Crippen LogP) is 2.97. The summed E-state index contributed by atoms with van der Waals surface area (Å²) in [5.74, 6) is 2.68. The van der Waals surface area contributed by atoms with Gasteiger partial charge in [0.1, 0.15) is 11.9 Å². The molecule has 0 bridgehead atoms. The number of nitrogens with zero attached hydrogens (tertiary/aromatic N) is 4. The Morgan fingerprint density at radius 1 is 1.24 bits per heavy atom. The van der Waals surface area contributed by atoms with Gasteiger partial charge in [0.05, 0.1) is 12.4 Å². The maximum Gasteiger partial charge on any atom is 0.158 e. The molecule has 2 heterocycles. The average molecular weight is 296 g/mol. The third-order valence-electron chi connectivity index (χ3n) is 3.59. The molecule has 0 N–H and O–H groups in total. The summed E-state index contributed by atoms with van der Waals surface area (Å²) in [5, 5.41) is 8.75. The molecule has 1 atom stereocenters. The number of hydrogen-bond donors (Lipinski definition) is 0. The van der Waals surface area contributed by atoms with Crippen molar-refractivity contribution < 1.29 is 0 Å². The first-order valence-electron chi connectivity index (χ1n) is 7.00.